The minimum atomic E-state index is -4.16. The van der Waals surface area contributed by atoms with Crippen LogP contribution in [-0.2, 0) is 26.2 Å². The maximum absolute atomic E-state index is 14.1. The fraction of sp³-hybridized carbons (Fsp3) is 0.355. The molecule has 3 aromatic carbocycles. The lowest BCUT2D eigenvalue weighted by atomic mass is 10.1. The number of nitrogens with one attached hydrogen (secondary N) is 1. The number of carbonyl (C=O) groups excluding carboxylic acids is 2. The lowest BCUT2D eigenvalue weighted by Crippen LogP contribution is -2.52. The molecule has 0 aliphatic heterocycles. The third-order valence-electron chi connectivity index (χ3n) is 7.17. The van der Waals surface area contributed by atoms with Crippen LogP contribution in [0.5, 0.6) is 0 Å². The van der Waals surface area contributed by atoms with Crippen molar-refractivity contribution in [3.05, 3.63) is 94.0 Å². The number of hydrogen-bond acceptors (Lipinski definition) is 4. The van der Waals surface area contributed by atoms with E-state index in [4.69, 9.17) is 11.6 Å². The number of hydrogen-bond donors (Lipinski definition) is 1. The Hall–Kier alpha value is -3.36. The minimum absolute atomic E-state index is 0.0540. The first-order chi connectivity index (χ1) is 18.9. The fourth-order valence-electron chi connectivity index (χ4n) is 4.24. The molecule has 2 amide bonds. The van der Waals surface area contributed by atoms with Crippen molar-refractivity contribution in [1.29, 1.82) is 0 Å². The molecule has 0 heterocycles. The van der Waals surface area contributed by atoms with E-state index in [1.807, 2.05) is 52.0 Å². The number of benzene rings is 3. The number of sulfonamides is 1. The van der Waals surface area contributed by atoms with Gasteiger partial charge in [0.2, 0.25) is 11.8 Å². The fourth-order valence-corrected chi connectivity index (χ4v) is 5.88. The van der Waals surface area contributed by atoms with Gasteiger partial charge in [-0.05, 0) is 82.0 Å². The number of rotatable bonds is 11. The summed E-state index contributed by atoms with van der Waals surface area (Å²) in [6.07, 6.45) is 0.737. The maximum atomic E-state index is 14.1. The Balaban J connectivity index is 2.08. The highest BCUT2D eigenvalue weighted by Crippen LogP contribution is 2.31. The molecule has 0 fully saturated rings. The van der Waals surface area contributed by atoms with Crippen molar-refractivity contribution in [2.45, 2.75) is 71.5 Å². The summed E-state index contributed by atoms with van der Waals surface area (Å²) in [7, 11) is -4.16. The van der Waals surface area contributed by atoms with Gasteiger partial charge in [-0.15, -0.1) is 0 Å². The van der Waals surface area contributed by atoms with E-state index in [1.165, 1.54) is 17.0 Å². The summed E-state index contributed by atoms with van der Waals surface area (Å²) in [5, 5.41) is 3.33. The molecular formula is C31H38ClN3O4S. The third-order valence-corrected chi connectivity index (χ3v) is 9.35. The second-order valence-corrected chi connectivity index (χ2v) is 12.4. The highest BCUT2D eigenvalue weighted by molar-refractivity contribution is 7.92. The summed E-state index contributed by atoms with van der Waals surface area (Å²) >= 11 is 6.38. The quantitative estimate of drug-likeness (QED) is 0.309. The first-order valence-electron chi connectivity index (χ1n) is 13.4. The first kappa shape index (κ1) is 31.2. The van der Waals surface area contributed by atoms with Gasteiger partial charge < -0.3 is 10.2 Å². The molecule has 214 valence electrons. The largest absolute Gasteiger partial charge is 0.352 e. The normalized spacial score (nSPS) is 12.9. The molecule has 0 spiro atoms. The lowest BCUT2D eigenvalue weighted by molar-refractivity contribution is -0.139. The molecule has 0 aliphatic carbocycles. The summed E-state index contributed by atoms with van der Waals surface area (Å²) in [6.45, 7) is 10.7. The summed E-state index contributed by atoms with van der Waals surface area (Å²) < 4.78 is 29.1. The van der Waals surface area contributed by atoms with Gasteiger partial charge >= 0.3 is 0 Å². The zero-order chi connectivity index (χ0) is 29.6. The zero-order valence-corrected chi connectivity index (χ0v) is 25.5. The summed E-state index contributed by atoms with van der Waals surface area (Å²) in [5.74, 6) is -0.812. The van der Waals surface area contributed by atoms with Crippen molar-refractivity contribution in [3.63, 3.8) is 0 Å². The van der Waals surface area contributed by atoms with E-state index >= 15 is 0 Å². The Morgan fingerprint density at radius 1 is 0.925 bits per heavy atom. The number of amides is 2. The molecule has 0 saturated carbocycles. The number of anilines is 1. The Bertz CT molecular complexity index is 1460. The Morgan fingerprint density at radius 3 is 2.20 bits per heavy atom. The van der Waals surface area contributed by atoms with Crippen LogP contribution >= 0.6 is 11.6 Å². The van der Waals surface area contributed by atoms with E-state index in [0.29, 0.717) is 16.3 Å². The zero-order valence-electron chi connectivity index (χ0n) is 23.9. The third kappa shape index (κ3) is 7.23. The predicted molar refractivity (Wildman–Crippen MR) is 161 cm³/mol. The SMILES string of the molecule is CC[C@H](C)NC(=O)[C@H](C)N(Cc1ccccc1C)C(=O)CN(c1cccc(Cl)c1C)S(=O)(=O)c1ccc(C)cc1. The second kappa shape index (κ2) is 13.3. The number of halogens is 1. The smallest absolute Gasteiger partial charge is 0.264 e. The van der Waals surface area contributed by atoms with E-state index in [2.05, 4.69) is 5.32 Å². The van der Waals surface area contributed by atoms with Gasteiger partial charge in [-0.2, -0.15) is 0 Å². The molecule has 3 rings (SSSR count). The number of nitrogens with zero attached hydrogens (tertiary/aromatic N) is 2. The van der Waals surface area contributed by atoms with Crippen LogP contribution < -0.4 is 9.62 Å². The van der Waals surface area contributed by atoms with Crippen molar-refractivity contribution in [2.75, 3.05) is 10.8 Å². The summed E-state index contributed by atoms with van der Waals surface area (Å²) in [6, 6.07) is 18.1. The number of carbonyl (C=O) groups is 2. The Kier molecular flexibility index (Phi) is 10.4. The van der Waals surface area contributed by atoms with Crippen LogP contribution in [0.25, 0.3) is 0 Å². The van der Waals surface area contributed by atoms with Gasteiger partial charge in [0, 0.05) is 17.6 Å². The van der Waals surface area contributed by atoms with Gasteiger partial charge in [0.25, 0.3) is 10.0 Å². The van der Waals surface area contributed by atoms with Gasteiger partial charge in [-0.1, -0.05) is 66.6 Å². The standard InChI is InChI=1S/C31H38ClN3O4S/c1-7-23(4)33-31(37)25(6)34(19-26-12-9-8-11-22(26)3)30(36)20-35(29-14-10-13-28(32)24(29)5)40(38,39)27-17-15-21(2)16-18-27/h8-18,23,25H,7,19-20H2,1-6H3,(H,33,37)/t23-,25-/m0/s1. The van der Waals surface area contributed by atoms with Crippen molar-refractivity contribution in [3.8, 4) is 0 Å². The van der Waals surface area contributed by atoms with E-state index in [1.54, 1.807) is 44.2 Å². The molecule has 0 aromatic heterocycles. The van der Waals surface area contributed by atoms with E-state index in [-0.39, 0.29) is 23.4 Å². The first-order valence-corrected chi connectivity index (χ1v) is 15.2. The van der Waals surface area contributed by atoms with Crippen molar-refractivity contribution in [2.24, 2.45) is 0 Å². The molecule has 1 N–H and O–H groups in total. The molecule has 7 nitrogen and oxygen atoms in total. The van der Waals surface area contributed by atoms with E-state index in [9.17, 15) is 18.0 Å². The van der Waals surface area contributed by atoms with Gasteiger partial charge in [-0.25, -0.2) is 8.42 Å². The van der Waals surface area contributed by atoms with Crippen molar-refractivity contribution < 1.29 is 18.0 Å². The van der Waals surface area contributed by atoms with Crippen molar-refractivity contribution in [1.82, 2.24) is 10.2 Å². The van der Waals surface area contributed by atoms with Crippen LogP contribution in [0.4, 0.5) is 5.69 Å². The van der Waals surface area contributed by atoms with Gasteiger partial charge in [-0.3, -0.25) is 13.9 Å². The molecule has 40 heavy (non-hydrogen) atoms. The molecule has 0 radical (unpaired) electrons. The monoisotopic (exact) mass is 583 g/mol. The maximum Gasteiger partial charge on any atom is 0.264 e. The highest BCUT2D eigenvalue weighted by atomic mass is 35.5. The Morgan fingerprint density at radius 2 is 1.57 bits per heavy atom. The minimum Gasteiger partial charge on any atom is -0.352 e. The average molecular weight is 584 g/mol. The summed E-state index contributed by atoms with van der Waals surface area (Å²) in [4.78, 5) is 28.8. The van der Waals surface area contributed by atoms with Crippen LogP contribution in [-0.4, -0.2) is 43.8 Å². The Labute approximate surface area is 243 Å². The lowest BCUT2D eigenvalue weighted by Gasteiger charge is -2.33. The molecule has 9 heteroatoms. The molecule has 0 saturated heterocycles. The van der Waals surface area contributed by atoms with Gasteiger partial charge in [0.15, 0.2) is 0 Å². The predicted octanol–water partition coefficient (Wildman–Crippen LogP) is 5.79. The molecule has 0 unspecified atom stereocenters. The van der Waals surface area contributed by atoms with Crippen LogP contribution in [0, 0.1) is 20.8 Å². The molecular weight excluding hydrogens is 546 g/mol. The van der Waals surface area contributed by atoms with Gasteiger partial charge in [0.1, 0.15) is 12.6 Å². The number of aryl methyl sites for hydroxylation is 2. The second-order valence-electron chi connectivity index (χ2n) is 10.2. The van der Waals surface area contributed by atoms with Crippen LogP contribution in [0.15, 0.2) is 71.6 Å². The van der Waals surface area contributed by atoms with E-state index in [0.717, 1.165) is 27.4 Å². The topological polar surface area (TPSA) is 86.8 Å². The van der Waals surface area contributed by atoms with Crippen LogP contribution in [0.1, 0.15) is 49.4 Å². The average Bonchev–Trinajstić information content (AvgIpc) is 2.92. The molecule has 0 bridgehead atoms. The highest BCUT2D eigenvalue weighted by Gasteiger charge is 2.33. The van der Waals surface area contributed by atoms with Crippen LogP contribution in [0.3, 0.4) is 0 Å². The molecule has 3 aromatic rings. The van der Waals surface area contributed by atoms with Gasteiger partial charge in [0.05, 0.1) is 10.6 Å². The molecule has 2 atom stereocenters. The summed E-state index contributed by atoms with van der Waals surface area (Å²) in [5.41, 5.74) is 3.57. The van der Waals surface area contributed by atoms with Crippen LogP contribution in [0.2, 0.25) is 5.02 Å². The van der Waals surface area contributed by atoms with Crippen molar-refractivity contribution >= 4 is 39.1 Å². The molecule has 0 aliphatic rings. The van der Waals surface area contributed by atoms with E-state index < -0.39 is 28.5 Å².